The summed E-state index contributed by atoms with van der Waals surface area (Å²) in [7, 11) is 0. The molecule has 18 aromatic carbocycles. The van der Waals surface area contributed by atoms with Crippen molar-refractivity contribution in [3.8, 4) is 136 Å². The summed E-state index contributed by atoms with van der Waals surface area (Å²) in [5, 5.41) is 9.83. The Labute approximate surface area is 715 Å². The van der Waals surface area contributed by atoms with Crippen molar-refractivity contribution in [2.24, 2.45) is 0 Å². The second-order valence-corrected chi connectivity index (χ2v) is 31.3. The minimum Gasteiger partial charge on any atom is -0.309 e. The van der Waals surface area contributed by atoms with Crippen LogP contribution in [0.2, 0.25) is 0 Å². The molecule has 0 saturated heterocycles. The molecular weight excluding hydrogens is 1510 g/mol. The molecule has 24 rings (SSSR count). The first kappa shape index (κ1) is 72.4. The van der Waals surface area contributed by atoms with Gasteiger partial charge in [0.1, 0.15) is 0 Å². The second-order valence-electron chi connectivity index (χ2n) is 31.3. The molecule has 10 heteroatoms. The van der Waals surface area contributed by atoms with Gasteiger partial charge < -0.3 is 18.3 Å². The fraction of sp³-hybridized carbons (Fsp3) is 0. The Kier molecular flexibility index (Phi) is 18.0. The topological polar surface area (TPSA) is 97.1 Å². The molecule has 0 aliphatic heterocycles. The Balaban J connectivity index is 0.000000143. The first-order valence-corrected chi connectivity index (χ1v) is 41.9. The third-order valence-electron chi connectivity index (χ3n) is 24.0. The number of rotatable bonds is 14. The number of nitrogens with zero attached hydrogens (tertiary/aromatic N) is 10. The number of fused-ring (bicyclic) bond motifs is 12. The maximum Gasteiger partial charge on any atom is 0.164 e. The van der Waals surface area contributed by atoms with E-state index in [9.17, 15) is 0 Å². The molecule has 0 aliphatic carbocycles. The minimum absolute atomic E-state index is 0.639. The Morgan fingerprint density at radius 1 is 0.129 bits per heavy atom. The monoisotopic (exact) mass is 1580 g/mol. The van der Waals surface area contributed by atoms with Crippen LogP contribution in [-0.2, 0) is 0 Å². The van der Waals surface area contributed by atoms with Crippen LogP contribution < -0.4 is 0 Å². The zero-order valence-corrected chi connectivity index (χ0v) is 67.2. The van der Waals surface area contributed by atoms with E-state index in [0.717, 1.165) is 94.9 Å². The molecule has 0 atom stereocenters. The molecule has 6 heterocycles. The van der Waals surface area contributed by atoms with E-state index in [2.05, 4.69) is 346 Å². The zero-order chi connectivity index (χ0) is 82.0. The molecule has 0 radical (unpaired) electrons. The Morgan fingerprint density at radius 2 is 0.371 bits per heavy atom. The first-order chi connectivity index (χ1) is 61.5. The van der Waals surface area contributed by atoms with Crippen LogP contribution in [0.4, 0.5) is 0 Å². The highest BCUT2D eigenvalue weighted by Crippen LogP contribution is 2.45. The van der Waals surface area contributed by atoms with Gasteiger partial charge in [-0.05, 0) is 148 Å². The summed E-state index contributed by atoms with van der Waals surface area (Å²) in [5.41, 5.74) is 28.9. The number of hydrogen-bond donors (Lipinski definition) is 0. The van der Waals surface area contributed by atoms with Gasteiger partial charge in [-0.1, -0.05) is 346 Å². The number of aromatic nitrogens is 10. The van der Waals surface area contributed by atoms with Gasteiger partial charge in [-0.15, -0.1) is 0 Å². The normalized spacial score (nSPS) is 11.5. The van der Waals surface area contributed by atoms with Crippen molar-refractivity contribution >= 4 is 87.2 Å². The number of hydrogen-bond acceptors (Lipinski definition) is 6. The largest absolute Gasteiger partial charge is 0.309 e. The van der Waals surface area contributed by atoms with E-state index in [0.29, 0.717) is 34.9 Å². The predicted octanol–water partition coefficient (Wildman–Crippen LogP) is 28.8. The van der Waals surface area contributed by atoms with Gasteiger partial charge >= 0.3 is 0 Å². The van der Waals surface area contributed by atoms with E-state index in [1.54, 1.807) is 0 Å². The van der Waals surface area contributed by atoms with Gasteiger partial charge in [-0.3, -0.25) is 0 Å². The van der Waals surface area contributed by atoms with Gasteiger partial charge in [0.15, 0.2) is 34.9 Å². The maximum atomic E-state index is 4.97. The molecule has 24 aromatic rings. The molecule has 0 N–H and O–H groups in total. The summed E-state index contributed by atoms with van der Waals surface area (Å²) in [6, 6.07) is 159. The van der Waals surface area contributed by atoms with E-state index >= 15 is 0 Å². The SMILES string of the molecule is c1ccc(-c2nc(-c3ccccc3)nc(-c3ccc(-c4cccc5c4c4ccccc4n5-c4cccc(-c5ccc6c(c5)c5ccccc5n6-c5ccccc5)c4)cc3)n2)cc1.c1ccc(-c2nc(-c3ccccc3)nc(-c3ccc(-c4cccc5c4c4ccccc4n5-c4cccc(-c5ccc6c7ccccc7n(-c7ccccc7)c6c5)c4)cc3)n2)cc1. The third-order valence-corrected chi connectivity index (χ3v) is 24.0. The van der Waals surface area contributed by atoms with Crippen molar-refractivity contribution in [3.63, 3.8) is 0 Å². The highest BCUT2D eigenvalue weighted by molar-refractivity contribution is 6.18. The van der Waals surface area contributed by atoms with Crippen molar-refractivity contribution in [2.75, 3.05) is 0 Å². The van der Waals surface area contributed by atoms with Gasteiger partial charge in [0.2, 0.25) is 0 Å². The smallest absolute Gasteiger partial charge is 0.164 e. The molecule has 6 aromatic heterocycles. The van der Waals surface area contributed by atoms with Crippen LogP contribution in [0.1, 0.15) is 0 Å². The summed E-state index contributed by atoms with van der Waals surface area (Å²) in [4.78, 5) is 29.7. The van der Waals surface area contributed by atoms with Gasteiger partial charge in [0.05, 0.1) is 44.1 Å². The molecule has 0 spiro atoms. The van der Waals surface area contributed by atoms with E-state index in [-0.39, 0.29) is 0 Å². The zero-order valence-electron chi connectivity index (χ0n) is 67.2. The lowest BCUT2D eigenvalue weighted by Crippen LogP contribution is -2.00. The summed E-state index contributed by atoms with van der Waals surface area (Å²) in [5.74, 6) is 3.87. The predicted molar refractivity (Wildman–Crippen MR) is 511 cm³/mol. The molecule has 124 heavy (non-hydrogen) atoms. The van der Waals surface area contributed by atoms with E-state index in [1.165, 1.54) is 93.0 Å². The van der Waals surface area contributed by atoms with Crippen LogP contribution in [0, 0.1) is 0 Å². The van der Waals surface area contributed by atoms with Crippen molar-refractivity contribution in [1.82, 2.24) is 48.2 Å². The molecular formula is C114H74N10. The van der Waals surface area contributed by atoms with E-state index in [1.807, 2.05) is 121 Å². The standard InChI is InChI=1S/2C57H37N5/c1-4-16-39(17-5-1)55-58-56(40-18-6-2-7-19-40)60-57(59-55)41-32-30-38(31-33-41)46-26-15-29-52-54(46)49-25-11-13-28-51(49)62(52)45-23-14-20-42(36-45)43-34-35-48-47-24-10-12-27-50(47)61(53(48)37-43)44-21-8-3-9-22-44;1-4-16-39(17-5-1)55-58-56(40-18-6-2-7-19-40)60-57(59-55)41-32-30-38(31-33-41)46-26-15-29-53-54(46)48-25-11-13-28-51(48)62(53)45-23-14-20-42(36-45)43-34-35-52-49(37-43)47-24-10-12-27-50(47)61(52)44-21-8-3-9-22-44/h2*1-37H. The molecule has 0 aliphatic rings. The number of para-hydroxylation sites is 6. The maximum absolute atomic E-state index is 4.97. The Bertz CT molecular complexity index is 8060. The highest BCUT2D eigenvalue weighted by Gasteiger charge is 2.23. The van der Waals surface area contributed by atoms with Gasteiger partial charge in [-0.2, -0.15) is 0 Å². The molecule has 0 saturated carbocycles. The van der Waals surface area contributed by atoms with Crippen LogP contribution in [0.15, 0.2) is 449 Å². The summed E-state index contributed by atoms with van der Waals surface area (Å²) in [6.07, 6.45) is 0. The first-order valence-electron chi connectivity index (χ1n) is 41.9. The van der Waals surface area contributed by atoms with E-state index in [4.69, 9.17) is 29.9 Å². The average molecular weight is 1580 g/mol. The van der Waals surface area contributed by atoms with Crippen LogP contribution in [0.25, 0.3) is 223 Å². The quantitative estimate of drug-likeness (QED) is 0.108. The van der Waals surface area contributed by atoms with Crippen LogP contribution in [0.3, 0.4) is 0 Å². The fourth-order valence-electron chi connectivity index (χ4n) is 18.2. The molecule has 0 fully saturated rings. The summed E-state index contributed by atoms with van der Waals surface area (Å²) >= 11 is 0. The van der Waals surface area contributed by atoms with Gasteiger partial charge in [0, 0.05) is 99.2 Å². The summed E-state index contributed by atoms with van der Waals surface area (Å²) in [6.45, 7) is 0. The van der Waals surface area contributed by atoms with Crippen LogP contribution in [0.5, 0.6) is 0 Å². The lowest BCUT2D eigenvalue weighted by molar-refractivity contribution is 1.07. The number of benzene rings is 18. The average Bonchev–Trinajstić information content (AvgIpc) is 1.58. The fourth-order valence-corrected chi connectivity index (χ4v) is 18.2. The highest BCUT2D eigenvalue weighted by atomic mass is 15.1. The Hall–Kier alpha value is -16.8. The summed E-state index contributed by atoms with van der Waals surface area (Å²) < 4.78 is 9.57. The molecule has 580 valence electrons. The van der Waals surface area contributed by atoms with Gasteiger partial charge in [0.25, 0.3) is 0 Å². The van der Waals surface area contributed by atoms with Crippen molar-refractivity contribution in [1.29, 1.82) is 0 Å². The second kappa shape index (κ2) is 30.8. The van der Waals surface area contributed by atoms with Crippen molar-refractivity contribution in [2.45, 2.75) is 0 Å². The molecule has 10 nitrogen and oxygen atoms in total. The van der Waals surface area contributed by atoms with Crippen molar-refractivity contribution in [3.05, 3.63) is 449 Å². The van der Waals surface area contributed by atoms with Crippen LogP contribution in [-0.4, -0.2) is 48.2 Å². The van der Waals surface area contributed by atoms with Crippen LogP contribution >= 0.6 is 0 Å². The molecule has 0 unspecified atom stereocenters. The molecule has 0 amide bonds. The minimum atomic E-state index is 0.639. The van der Waals surface area contributed by atoms with Gasteiger partial charge in [-0.25, -0.2) is 29.9 Å². The lowest BCUT2D eigenvalue weighted by atomic mass is 9.98. The third kappa shape index (κ3) is 12.9. The van der Waals surface area contributed by atoms with Crippen molar-refractivity contribution < 1.29 is 0 Å². The Morgan fingerprint density at radius 3 is 0.774 bits per heavy atom. The lowest BCUT2D eigenvalue weighted by Gasteiger charge is -2.12. The van der Waals surface area contributed by atoms with E-state index < -0.39 is 0 Å². The molecule has 0 bridgehead atoms.